The van der Waals surface area contributed by atoms with Crippen LogP contribution in [0.3, 0.4) is 0 Å². The molecule has 2 saturated heterocycles. The Bertz CT molecular complexity index is 432. The molecule has 2 aliphatic heterocycles. The third kappa shape index (κ3) is 4.04. The minimum atomic E-state index is 0.0464. The van der Waals surface area contributed by atoms with Crippen molar-refractivity contribution in [2.45, 2.75) is 50.6 Å². The van der Waals surface area contributed by atoms with E-state index < -0.39 is 0 Å². The molecule has 0 N–H and O–H groups in total. The third-order valence-corrected chi connectivity index (χ3v) is 5.17. The molecule has 6 nitrogen and oxygen atoms in total. The van der Waals surface area contributed by atoms with E-state index in [9.17, 15) is 9.59 Å². The molecule has 2 heterocycles. The zero-order valence-electron chi connectivity index (χ0n) is 14.0. The van der Waals surface area contributed by atoms with Crippen molar-refractivity contribution in [1.82, 2.24) is 9.80 Å². The lowest BCUT2D eigenvalue weighted by molar-refractivity contribution is -0.147. The topological polar surface area (TPSA) is 59.1 Å². The van der Waals surface area contributed by atoms with E-state index in [2.05, 4.69) is 0 Å². The van der Waals surface area contributed by atoms with Crippen LogP contribution in [-0.4, -0.2) is 73.7 Å². The first-order valence-electron chi connectivity index (χ1n) is 8.87. The number of rotatable bonds is 5. The number of ether oxygens (including phenoxy) is 2. The van der Waals surface area contributed by atoms with E-state index in [4.69, 9.17) is 9.47 Å². The molecule has 1 atom stereocenters. The van der Waals surface area contributed by atoms with Crippen molar-refractivity contribution in [3.8, 4) is 0 Å². The maximum atomic E-state index is 12.6. The number of carbonyl (C=O) groups excluding carboxylic acids is 2. The quantitative estimate of drug-likeness (QED) is 0.758. The van der Waals surface area contributed by atoms with E-state index >= 15 is 0 Å². The predicted octanol–water partition coefficient (Wildman–Crippen LogP) is 1.04. The van der Waals surface area contributed by atoms with Gasteiger partial charge in [-0.05, 0) is 38.5 Å². The zero-order valence-corrected chi connectivity index (χ0v) is 14.0. The second kappa shape index (κ2) is 7.62. The standard InChI is InChI=1S/C17H28N2O4/c1-22-12-16(20)19(14-6-9-23-10-7-14)15-3-2-8-18(11-15)17(21)13-4-5-13/h13-15H,2-12H2,1H3. The fraction of sp³-hybridized carbons (Fsp3) is 0.882. The van der Waals surface area contributed by atoms with Crippen molar-refractivity contribution >= 4 is 11.8 Å². The number of piperidine rings is 1. The van der Waals surface area contributed by atoms with Gasteiger partial charge in [-0.2, -0.15) is 0 Å². The molecule has 3 fully saturated rings. The van der Waals surface area contributed by atoms with Gasteiger partial charge in [-0.3, -0.25) is 9.59 Å². The van der Waals surface area contributed by atoms with Crippen molar-refractivity contribution in [2.24, 2.45) is 5.92 Å². The average Bonchev–Trinajstić information content (AvgIpc) is 3.41. The number of nitrogens with zero attached hydrogens (tertiary/aromatic N) is 2. The van der Waals surface area contributed by atoms with Gasteiger partial charge in [-0.15, -0.1) is 0 Å². The Kier molecular flexibility index (Phi) is 5.54. The maximum absolute atomic E-state index is 12.6. The Morgan fingerprint density at radius 3 is 2.52 bits per heavy atom. The van der Waals surface area contributed by atoms with Gasteiger partial charge < -0.3 is 19.3 Å². The average molecular weight is 324 g/mol. The van der Waals surface area contributed by atoms with Gasteiger partial charge in [0.2, 0.25) is 11.8 Å². The number of carbonyl (C=O) groups is 2. The second-order valence-corrected chi connectivity index (χ2v) is 6.93. The smallest absolute Gasteiger partial charge is 0.249 e. The molecule has 6 heteroatoms. The third-order valence-electron chi connectivity index (χ3n) is 5.17. The van der Waals surface area contributed by atoms with Crippen LogP contribution in [0.5, 0.6) is 0 Å². The summed E-state index contributed by atoms with van der Waals surface area (Å²) in [5, 5.41) is 0. The van der Waals surface area contributed by atoms with Gasteiger partial charge in [0.05, 0.1) is 0 Å². The lowest BCUT2D eigenvalue weighted by atomic mass is 9.98. The van der Waals surface area contributed by atoms with E-state index in [1.165, 1.54) is 0 Å². The van der Waals surface area contributed by atoms with Crippen molar-refractivity contribution in [2.75, 3.05) is 40.0 Å². The van der Waals surface area contributed by atoms with Crippen molar-refractivity contribution in [1.29, 1.82) is 0 Å². The molecule has 0 spiro atoms. The van der Waals surface area contributed by atoms with Crippen molar-refractivity contribution < 1.29 is 19.1 Å². The lowest BCUT2D eigenvalue weighted by Gasteiger charge is -2.44. The molecule has 0 aromatic carbocycles. The summed E-state index contributed by atoms with van der Waals surface area (Å²) in [6.45, 7) is 3.05. The highest BCUT2D eigenvalue weighted by Crippen LogP contribution is 2.33. The number of hydrogen-bond donors (Lipinski definition) is 0. The van der Waals surface area contributed by atoms with Crippen LogP contribution in [0.25, 0.3) is 0 Å². The van der Waals surface area contributed by atoms with Gasteiger partial charge in [0.25, 0.3) is 0 Å². The highest BCUT2D eigenvalue weighted by atomic mass is 16.5. The number of amides is 2. The van der Waals surface area contributed by atoms with E-state index in [0.29, 0.717) is 25.7 Å². The van der Waals surface area contributed by atoms with Crippen LogP contribution in [-0.2, 0) is 19.1 Å². The van der Waals surface area contributed by atoms with Gasteiger partial charge in [0.15, 0.2) is 0 Å². The largest absolute Gasteiger partial charge is 0.381 e. The fourth-order valence-electron chi connectivity index (χ4n) is 3.84. The van der Waals surface area contributed by atoms with Crippen molar-refractivity contribution in [3.05, 3.63) is 0 Å². The van der Waals surface area contributed by atoms with E-state index in [0.717, 1.165) is 45.1 Å². The SMILES string of the molecule is COCC(=O)N(C1CCOCC1)C1CCCN(C(=O)C2CC2)C1. The summed E-state index contributed by atoms with van der Waals surface area (Å²) in [6, 6.07) is 0.338. The minimum Gasteiger partial charge on any atom is -0.381 e. The summed E-state index contributed by atoms with van der Waals surface area (Å²) in [5.41, 5.74) is 0. The molecule has 130 valence electrons. The first kappa shape index (κ1) is 16.7. The molecule has 2 amide bonds. The number of likely N-dealkylation sites (tertiary alicyclic amines) is 1. The zero-order chi connectivity index (χ0) is 16.2. The predicted molar refractivity (Wildman–Crippen MR) is 84.9 cm³/mol. The molecule has 3 rings (SSSR count). The molecular formula is C17H28N2O4. The van der Waals surface area contributed by atoms with Crippen LogP contribution >= 0.6 is 0 Å². The molecule has 1 aliphatic carbocycles. The molecule has 3 aliphatic rings. The van der Waals surface area contributed by atoms with Crippen LogP contribution in [0.4, 0.5) is 0 Å². The molecule has 1 unspecified atom stereocenters. The Hall–Kier alpha value is -1.14. The lowest BCUT2D eigenvalue weighted by Crippen LogP contribution is -2.57. The molecule has 1 saturated carbocycles. The summed E-state index contributed by atoms with van der Waals surface area (Å²) in [7, 11) is 1.56. The molecule has 0 aromatic rings. The van der Waals surface area contributed by atoms with Crippen LogP contribution in [0.15, 0.2) is 0 Å². The normalized spacial score (nSPS) is 26.1. The number of methoxy groups -OCH3 is 1. The first-order valence-corrected chi connectivity index (χ1v) is 8.87. The van der Waals surface area contributed by atoms with Crippen LogP contribution in [0, 0.1) is 5.92 Å². The van der Waals surface area contributed by atoms with Gasteiger partial charge in [0, 0.05) is 51.4 Å². The Balaban J connectivity index is 1.69. The van der Waals surface area contributed by atoms with Crippen LogP contribution in [0.2, 0.25) is 0 Å². The second-order valence-electron chi connectivity index (χ2n) is 6.93. The summed E-state index contributed by atoms with van der Waals surface area (Å²) in [5.74, 6) is 0.589. The van der Waals surface area contributed by atoms with Gasteiger partial charge in [0.1, 0.15) is 6.61 Å². The Morgan fingerprint density at radius 2 is 1.87 bits per heavy atom. The minimum absolute atomic E-state index is 0.0464. The summed E-state index contributed by atoms with van der Waals surface area (Å²) in [6.07, 6.45) is 5.77. The molecular weight excluding hydrogens is 296 g/mol. The van der Waals surface area contributed by atoms with Crippen LogP contribution in [0.1, 0.15) is 38.5 Å². The van der Waals surface area contributed by atoms with Gasteiger partial charge in [-0.1, -0.05) is 0 Å². The van der Waals surface area contributed by atoms with E-state index in [1.807, 2.05) is 9.80 Å². The molecule has 23 heavy (non-hydrogen) atoms. The first-order chi connectivity index (χ1) is 11.2. The fourth-order valence-corrected chi connectivity index (χ4v) is 3.84. The van der Waals surface area contributed by atoms with Crippen molar-refractivity contribution in [3.63, 3.8) is 0 Å². The summed E-state index contributed by atoms with van der Waals surface area (Å²) in [4.78, 5) is 29.0. The summed E-state index contributed by atoms with van der Waals surface area (Å²) >= 11 is 0. The summed E-state index contributed by atoms with van der Waals surface area (Å²) < 4.78 is 10.5. The van der Waals surface area contributed by atoms with Crippen LogP contribution < -0.4 is 0 Å². The van der Waals surface area contributed by atoms with E-state index in [1.54, 1.807) is 7.11 Å². The highest BCUT2D eigenvalue weighted by molar-refractivity contribution is 5.81. The molecule has 0 radical (unpaired) electrons. The number of hydrogen-bond acceptors (Lipinski definition) is 4. The van der Waals surface area contributed by atoms with Gasteiger partial charge in [-0.25, -0.2) is 0 Å². The molecule has 0 aromatic heterocycles. The maximum Gasteiger partial charge on any atom is 0.249 e. The Labute approximate surface area is 138 Å². The van der Waals surface area contributed by atoms with E-state index in [-0.39, 0.29) is 30.5 Å². The Morgan fingerprint density at radius 1 is 1.13 bits per heavy atom. The molecule has 0 bridgehead atoms. The van der Waals surface area contributed by atoms with Gasteiger partial charge >= 0.3 is 0 Å². The highest BCUT2D eigenvalue weighted by Gasteiger charge is 2.39. The monoisotopic (exact) mass is 324 g/mol.